The van der Waals surface area contributed by atoms with E-state index in [0.717, 1.165) is 34.4 Å². The van der Waals surface area contributed by atoms with E-state index in [1.54, 1.807) is 11.8 Å². The minimum atomic E-state index is 0. The van der Waals surface area contributed by atoms with Gasteiger partial charge in [0.2, 0.25) is 0 Å². The van der Waals surface area contributed by atoms with E-state index >= 15 is 0 Å². The minimum Gasteiger partial charge on any atom is -0.289 e. The predicted octanol–water partition coefficient (Wildman–Crippen LogP) is 5.50. The Morgan fingerprint density at radius 1 is 1.30 bits per heavy atom. The fourth-order valence-corrected chi connectivity index (χ4v) is 3.32. The van der Waals surface area contributed by atoms with Crippen LogP contribution in [0.15, 0.2) is 29.4 Å². The van der Waals surface area contributed by atoms with Gasteiger partial charge in [-0.2, -0.15) is 0 Å². The Balaban J connectivity index is 0.00000200. The van der Waals surface area contributed by atoms with Crippen molar-refractivity contribution in [3.63, 3.8) is 0 Å². The lowest BCUT2D eigenvalue weighted by Gasteiger charge is -2.12. The molecule has 6 heteroatoms. The molecule has 2 rings (SSSR count). The Morgan fingerprint density at radius 3 is 2.60 bits per heavy atom. The highest BCUT2D eigenvalue weighted by Crippen LogP contribution is 2.30. The van der Waals surface area contributed by atoms with Crippen molar-refractivity contribution in [1.82, 2.24) is 9.55 Å². The van der Waals surface area contributed by atoms with Gasteiger partial charge in [-0.3, -0.25) is 4.57 Å². The van der Waals surface area contributed by atoms with Crippen LogP contribution >= 0.6 is 47.4 Å². The molecule has 0 aliphatic heterocycles. The molecule has 0 fully saturated rings. The van der Waals surface area contributed by atoms with Gasteiger partial charge in [0, 0.05) is 5.75 Å². The number of thioether (sulfide) groups is 1. The summed E-state index contributed by atoms with van der Waals surface area (Å²) in [5, 5.41) is 1.67. The molecule has 110 valence electrons. The normalized spacial score (nSPS) is 10.4. The van der Waals surface area contributed by atoms with Crippen LogP contribution in [-0.2, 0) is 5.88 Å². The van der Waals surface area contributed by atoms with E-state index in [1.165, 1.54) is 0 Å². The van der Waals surface area contributed by atoms with Gasteiger partial charge < -0.3 is 0 Å². The van der Waals surface area contributed by atoms with Crippen molar-refractivity contribution in [2.24, 2.45) is 0 Å². The van der Waals surface area contributed by atoms with E-state index in [9.17, 15) is 0 Å². The molecule has 1 aromatic heterocycles. The fraction of sp³-hybridized carbons (Fsp3) is 0.357. The summed E-state index contributed by atoms with van der Waals surface area (Å²) in [4.78, 5) is 4.62. The zero-order valence-electron chi connectivity index (χ0n) is 11.4. The molecule has 0 amide bonds. The van der Waals surface area contributed by atoms with Gasteiger partial charge in [-0.05, 0) is 25.5 Å². The molecule has 0 radical (unpaired) electrons. The monoisotopic (exact) mass is 350 g/mol. The van der Waals surface area contributed by atoms with Crippen LogP contribution in [-0.4, -0.2) is 15.3 Å². The van der Waals surface area contributed by atoms with Crippen LogP contribution in [0.5, 0.6) is 0 Å². The number of hydrogen-bond acceptors (Lipinski definition) is 2. The first-order valence-corrected chi connectivity index (χ1v) is 8.10. The lowest BCUT2D eigenvalue weighted by molar-refractivity contribution is 0.862. The number of rotatable bonds is 5. The molecular weight excluding hydrogens is 335 g/mol. The first-order chi connectivity index (χ1) is 9.19. The summed E-state index contributed by atoms with van der Waals surface area (Å²) in [6, 6.07) is 7.78. The number of halogens is 3. The zero-order valence-corrected chi connectivity index (χ0v) is 14.5. The molecule has 0 saturated heterocycles. The summed E-state index contributed by atoms with van der Waals surface area (Å²) in [5.74, 6) is 1.46. The maximum absolute atomic E-state index is 6.30. The Kier molecular flexibility index (Phi) is 7.24. The van der Waals surface area contributed by atoms with E-state index in [1.807, 2.05) is 31.2 Å². The molecule has 0 spiro atoms. The number of aryl methyl sites for hydroxylation is 1. The van der Waals surface area contributed by atoms with Crippen molar-refractivity contribution < 1.29 is 0 Å². The van der Waals surface area contributed by atoms with E-state index in [2.05, 4.69) is 16.5 Å². The van der Waals surface area contributed by atoms with Gasteiger partial charge in [-0.25, -0.2) is 4.98 Å². The SMILES string of the molecule is CCCSc1nc(C)c(CCl)n1-c1ccccc1Cl.Cl. The van der Waals surface area contributed by atoms with Gasteiger partial charge >= 0.3 is 0 Å². The van der Waals surface area contributed by atoms with Crippen LogP contribution in [0.2, 0.25) is 5.02 Å². The smallest absolute Gasteiger partial charge is 0.173 e. The second-order valence-electron chi connectivity index (χ2n) is 4.20. The molecule has 1 aromatic carbocycles. The highest BCUT2D eigenvalue weighted by Gasteiger charge is 2.17. The highest BCUT2D eigenvalue weighted by molar-refractivity contribution is 7.99. The molecule has 0 bridgehead atoms. The molecule has 2 nitrogen and oxygen atoms in total. The van der Waals surface area contributed by atoms with Crippen molar-refractivity contribution in [2.75, 3.05) is 5.75 Å². The van der Waals surface area contributed by atoms with Gasteiger partial charge in [-0.15, -0.1) is 24.0 Å². The summed E-state index contributed by atoms with van der Waals surface area (Å²) in [7, 11) is 0. The van der Waals surface area contributed by atoms with Crippen LogP contribution in [0.4, 0.5) is 0 Å². The molecule has 0 N–H and O–H groups in total. The molecule has 0 atom stereocenters. The Bertz CT molecular complexity index is 570. The summed E-state index contributed by atoms with van der Waals surface area (Å²) in [5.41, 5.74) is 2.92. The van der Waals surface area contributed by atoms with E-state index < -0.39 is 0 Å². The lowest BCUT2D eigenvalue weighted by Crippen LogP contribution is -2.02. The van der Waals surface area contributed by atoms with Gasteiger partial charge in [-0.1, -0.05) is 42.4 Å². The number of nitrogens with zero attached hydrogens (tertiary/aromatic N) is 2. The molecule has 0 aliphatic carbocycles. The molecule has 1 heterocycles. The quantitative estimate of drug-likeness (QED) is 0.523. The van der Waals surface area contributed by atoms with E-state index in [-0.39, 0.29) is 12.4 Å². The number of benzene rings is 1. The number of aromatic nitrogens is 2. The molecule has 0 aliphatic rings. The van der Waals surface area contributed by atoms with Crippen molar-refractivity contribution in [3.8, 4) is 5.69 Å². The van der Waals surface area contributed by atoms with Crippen molar-refractivity contribution in [3.05, 3.63) is 40.7 Å². The summed E-state index contributed by atoms with van der Waals surface area (Å²) in [6.07, 6.45) is 1.11. The number of hydrogen-bond donors (Lipinski definition) is 0. The van der Waals surface area contributed by atoms with Crippen LogP contribution in [0.3, 0.4) is 0 Å². The third kappa shape index (κ3) is 3.64. The number of imidazole rings is 1. The second kappa shape index (κ2) is 8.18. The zero-order chi connectivity index (χ0) is 13.8. The maximum Gasteiger partial charge on any atom is 0.173 e. The Labute approximate surface area is 140 Å². The van der Waals surface area contributed by atoms with Gasteiger partial charge in [0.25, 0.3) is 0 Å². The Morgan fingerprint density at radius 2 is 2.00 bits per heavy atom. The molecule has 20 heavy (non-hydrogen) atoms. The average molecular weight is 352 g/mol. The highest BCUT2D eigenvalue weighted by atomic mass is 35.5. The lowest BCUT2D eigenvalue weighted by atomic mass is 10.3. The number of alkyl halides is 1. The summed E-state index contributed by atoms with van der Waals surface area (Å²) >= 11 is 14.1. The van der Waals surface area contributed by atoms with Gasteiger partial charge in [0.15, 0.2) is 5.16 Å². The van der Waals surface area contributed by atoms with Crippen molar-refractivity contribution in [1.29, 1.82) is 0 Å². The first kappa shape index (κ1) is 17.7. The van der Waals surface area contributed by atoms with Crippen molar-refractivity contribution >= 4 is 47.4 Å². The van der Waals surface area contributed by atoms with E-state index in [0.29, 0.717) is 10.9 Å². The van der Waals surface area contributed by atoms with Gasteiger partial charge in [0.05, 0.1) is 28.0 Å². The molecular formula is C14H17Cl3N2S. The molecule has 2 aromatic rings. The standard InChI is InChI=1S/C14H16Cl2N2S.ClH/c1-3-8-19-14-17-10(2)13(9-15)18(14)12-7-5-4-6-11(12)16;/h4-7H,3,8-9H2,1-2H3;1H. The summed E-state index contributed by atoms with van der Waals surface area (Å²) < 4.78 is 2.07. The molecule has 0 unspecified atom stereocenters. The van der Waals surface area contributed by atoms with Crippen LogP contribution in [0.25, 0.3) is 5.69 Å². The van der Waals surface area contributed by atoms with Crippen molar-refractivity contribution in [2.45, 2.75) is 31.3 Å². The number of para-hydroxylation sites is 1. The third-order valence-electron chi connectivity index (χ3n) is 2.80. The summed E-state index contributed by atoms with van der Waals surface area (Å²) in [6.45, 7) is 4.14. The predicted molar refractivity (Wildman–Crippen MR) is 91.1 cm³/mol. The van der Waals surface area contributed by atoms with E-state index in [4.69, 9.17) is 23.2 Å². The molecule has 0 saturated carbocycles. The minimum absolute atomic E-state index is 0. The van der Waals surface area contributed by atoms with Crippen LogP contribution in [0, 0.1) is 6.92 Å². The van der Waals surface area contributed by atoms with Gasteiger partial charge in [0.1, 0.15) is 0 Å². The Hall–Kier alpha value is -0.350. The average Bonchev–Trinajstić information content (AvgIpc) is 2.72. The third-order valence-corrected chi connectivity index (χ3v) is 4.51. The maximum atomic E-state index is 6.30. The van der Waals surface area contributed by atoms with Crippen LogP contribution in [0.1, 0.15) is 24.7 Å². The second-order valence-corrected chi connectivity index (χ2v) is 5.93. The fourth-order valence-electron chi connectivity index (χ4n) is 1.86. The first-order valence-electron chi connectivity index (χ1n) is 6.21. The largest absolute Gasteiger partial charge is 0.289 e. The topological polar surface area (TPSA) is 17.8 Å². The van der Waals surface area contributed by atoms with Crippen LogP contribution < -0.4 is 0 Å².